The highest BCUT2D eigenvalue weighted by Gasteiger charge is 2.27. The molecule has 0 spiro atoms. The zero-order valence-electron chi connectivity index (χ0n) is 13.8. The van der Waals surface area contributed by atoms with Crippen LogP contribution in [0.5, 0.6) is 0 Å². The van der Waals surface area contributed by atoms with Gasteiger partial charge in [0.05, 0.1) is 17.7 Å². The molecular weight excluding hydrogens is 337 g/mol. The first-order chi connectivity index (χ1) is 12.5. The molecule has 0 bridgehead atoms. The Kier molecular flexibility index (Phi) is 3.91. The van der Waals surface area contributed by atoms with Gasteiger partial charge in [0.25, 0.3) is 5.91 Å². The Bertz CT molecular complexity index is 997. The SMILES string of the molecule is O=C(O)c1ccc(-n2ccc3cc(C(=O)N4CC[C@H](F)C4)cnc32)cc1. The van der Waals surface area contributed by atoms with E-state index in [1.807, 2.05) is 16.8 Å². The number of carbonyl (C=O) groups is 2. The van der Waals surface area contributed by atoms with Crippen LogP contribution in [0.1, 0.15) is 27.1 Å². The minimum Gasteiger partial charge on any atom is -0.478 e. The predicted molar refractivity (Wildman–Crippen MR) is 93.4 cm³/mol. The van der Waals surface area contributed by atoms with Crippen molar-refractivity contribution in [2.24, 2.45) is 0 Å². The lowest BCUT2D eigenvalue weighted by Gasteiger charge is -2.15. The van der Waals surface area contributed by atoms with Crippen LogP contribution in [0.15, 0.2) is 48.8 Å². The van der Waals surface area contributed by atoms with E-state index in [0.29, 0.717) is 24.2 Å². The molecule has 1 atom stereocenters. The second-order valence-electron chi connectivity index (χ2n) is 6.31. The number of alkyl halides is 1. The highest BCUT2D eigenvalue weighted by atomic mass is 19.1. The predicted octanol–water partition coefficient (Wildman–Crippen LogP) is 2.91. The van der Waals surface area contributed by atoms with Crippen molar-refractivity contribution in [1.29, 1.82) is 0 Å². The van der Waals surface area contributed by atoms with Gasteiger partial charge < -0.3 is 14.6 Å². The zero-order chi connectivity index (χ0) is 18.3. The molecule has 3 heterocycles. The minimum atomic E-state index is -0.979. The molecule has 2 aromatic heterocycles. The van der Waals surface area contributed by atoms with Crippen molar-refractivity contribution < 1.29 is 19.1 Å². The largest absolute Gasteiger partial charge is 0.478 e. The monoisotopic (exact) mass is 353 g/mol. The van der Waals surface area contributed by atoms with E-state index < -0.39 is 12.1 Å². The minimum absolute atomic E-state index is 0.133. The van der Waals surface area contributed by atoms with Gasteiger partial charge in [-0.15, -0.1) is 0 Å². The molecule has 1 amide bonds. The van der Waals surface area contributed by atoms with E-state index in [1.165, 1.54) is 23.2 Å². The van der Waals surface area contributed by atoms with Crippen molar-refractivity contribution in [3.05, 3.63) is 59.9 Å². The fourth-order valence-electron chi connectivity index (χ4n) is 3.20. The number of amides is 1. The summed E-state index contributed by atoms with van der Waals surface area (Å²) >= 11 is 0. The van der Waals surface area contributed by atoms with Gasteiger partial charge in [0.2, 0.25) is 0 Å². The second-order valence-corrected chi connectivity index (χ2v) is 6.31. The molecule has 1 saturated heterocycles. The van der Waals surface area contributed by atoms with E-state index in [-0.39, 0.29) is 18.0 Å². The molecule has 0 unspecified atom stereocenters. The number of benzene rings is 1. The van der Waals surface area contributed by atoms with Gasteiger partial charge in [-0.05, 0) is 42.8 Å². The number of pyridine rings is 1. The number of hydrogen-bond donors (Lipinski definition) is 1. The zero-order valence-corrected chi connectivity index (χ0v) is 13.8. The van der Waals surface area contributed by atoms with Gasteiger partial charge in [-0.2, -0.15) is 0 Å². The Hall–Kier alpha value is -3.22. The first-order valence-corrected chi connectivity index (χ1v) is 8.27. The number of fused-ring (bicyclic) bond motifs is 1. The third-order valence-corrected chi connectivity index (χ3v) is 4.58. The maximum atomic E-state index is 13.3. The fraction of sp³-hybridized carbons (Fsp3) is 0.211. The van der Waals surface area contributed by atoms with Gasteiger partial charge in [0.1, 0.15) is 11.8 Å². The van der Waals surface area contributed by atoms with Crippen molar-refractivity contribution in [2.45, 2.75) is 12.6 Å². The summed E-state index contributed by atoms with van der Waals surface area (Å²) in [5.74, 6) is -1.19. The third kappa shape index (κ3) is 2.81. The Labute approximate surface area is 148 Å². The van der Waals surface area contributed by atoms with E-state index in [9.17, 15) is 14.0 Å². The summed E-state index contributed by atoms with van der Waals surface area (Å²) in [5, 5.41) is 9.77. The Morgan fingerprint density at radius 3 is 2.58 bits per heavy atom. The molecule has 1 fully saturated rings. The highest BCUT2D eigenvalue weighted by Crippen LogP contribution is 2.22. The quantitative estimate of drug-likeness (QED) is 0.786. The van der Waals surface area contributed by atoms with Crippen molar-refractivity contribution >= 4 is 22.9 Å². The number of carbonyl (C=O) groups excluding carboxylic acids is 1. The van der Waals surface area contributed by atoms with Crippen LogP contribution in [0, 0.1) is 0 Å². The molecule has 0 aliphatic carbocycles. The lowest BCUT2D eigenvalue weighted by atomic mass is 10.2. The molecule has 0 saturated carbocycles. The molecule has 1 aliphatic rings. The topological polar surface area (TPSA) is 75.4 Å². The smallest absolute Gasteiger partial charge is 0.335 e. The van der Waals surface area contributed by atoms with Crippen LogP contribution < -0.4 is 0 Å². The summed E-state index contributed by atoms with van der Waals surface area (Å²) in [7, 11) is 0. The molecule has 3 aromatic rings. The molecule has 1 N–H and O–H groups in total. The average Bonchev–Trinajstić information content (AvgIpc) is 3.27. The number of carboxylic acid groups (broad SMARTS) is 1. The van der Waals surface area contributed by atoms with Gasteiger partial charge in [-0.3, -0.25) is 4.79 Å². The second kappa shape index (κ2) is 6.25. The molecule has 1 aromatic carbocycles. The lowest BCUT2D eigenvalue weighted by molar-refractivity contribution is 0.0696. The Morgan fingerprint density at radius 1 is 1.15 bits per heavy atom. The summed E-state index contributed by atoms with van der Waals surface area (Å²) in [4.78, 5) is 29.3. The van der Waals surface area contributed by atoms with Crippen LogP contribution in [0.4, 0.5) is 4.39 Å². The molecule has 1 aliphatic heterocycles. The Balaban J connectivity index is 1.65. The average molecular weight is 353 g/mol. The van der Waals surface area contributed by atoms with Crippen molar-refractivity contribution in [1.82, 2.24) is 14.5 Å². The molecule has 4 rings (SSSR count). The van der Waals surface area contributed by atoms with Crippen molar-refractivity contribution in [3.63, 3.8) is 0 Å². The summed E-state index contributed by atoms with van der Waals surface area (Å²) in [6.07, 6.45) is 2.74. The van der Waals surface area contributed by atoms with Crippen LogP contribution in [-0.2, 0) is 0 Å². The number of nitrogens with zero attached hydrogens (tertiary/aromatic N) is 3. The maximum Gasteiger partial charge on any atom is 0.335 e. The summed E-state index contributed by atoms with van der Waals surface area (Å²) in [6, 6.07) is 10.1. The van der Waals surface area contributed by atoms with Crippen molar-refractivity contribution in [2.75, 3.05) is 13.1 Å². The van der Waals surface area contributed by atoms with Crippen LogP contribution in [0.25, 0.3) is 16.7 Å². The van der Waals surface area contributed by atoms with Crippen LogP contribution in [0.2, 0.25) is 0 Å². The third-order valence-electron chi connectivity index (χ3n) is 4.58. The van der Waals surface area contributed by atoms with E-state index >= 15 is 0 Å². The molecule has 26 heavy (non-hydrogen) atoms. The number of hydrogen-bond acceptors (Lipinski definition) is 3. The maximum absolute atomic E-state index is 13.3. The van der Waals surface area contributed by atoms with Crippen LogP contribution in [-0.4, -0.2) is 50.7 Å². The summed E-state index contributed by atoms with van der Waals surface area (Å²) < 4.78 is 15.1. The number of aromatic nitrogens is 2. The lowest BCUT2D eigenvalue weighted by Crippen LogP contribution is -2.29. The van der Waals surface area contributed by atoms with Crippen LogP contribution in [0.3, 0.4) is 0 Å². The number of rotatable bonds is 3. The summed E-state index contributed by atoms with van der Waals surface area (Å²) in [5.41, 5.74) is 2.08. The van der Waals surface area contributed by atoms with Gasteiger partial charge in [-0.1, -0.05) is 0 Å². The van der Waals surface area contributed by atoms with Crippen LogP contribution >= 0.6 is 0 Å². The molecule has 0 radical (unpaired) electrons. The molecule has 7 heteroatoms. The molecular formula is C19H16FN3O3. The van der Waals surface area contributed by atoms with E-state index in [2.05, 4.69) is 4.98 Å². The number of likely N-dealkylation sites (tertiary alicyclic amines) is 1. The number of aromatic carboxylic acids is 1. The van der Waals surface area contributed by atoms with E-state index in [0.717, 1.165) is 11.1 Å². The number of halogens is 1. The first-order valence-electron chi connectivity index (χ1n) is 8.27. The van der Waals surface area contributed by atoms with E-state index in [1.54, 1.807) is 18.2 Å². The standard InChI is InChI=1S/C19H16FN3O3/c20-15-6-7-22(11-15)18(24)14-9-13-5-8-23(17(13)21-10-14)16-3-1-12(2-4-16)19(25)26/h1-5,8-10,15H,6-7,11H2,(H,25,26)/t15-/m0/s1. The summed E-state index contributed by atoms with van der Waals surface area (Å²) in [6.45, 7) is 0.558. The molecule has 132 valence electrons. The van der Waals surface area contributed by atoms with Gasteiger partial charge in [-0.25, -0.2) is 14.2 Å². The van der Waals surface area contributed by atoms with Gasteiger partial charge in [0, 0.05) is 30.0 Å². The number of carboxylic acids is 1. The van der Waals surface area contributed by atoms with Gasteiger partial charge in [0.15, 0.2) is 0 Å². The normalized spacial score (nSPS) is 17.0. The fourth-order valence-corrected chi connectivity index (χ4v) is 3.20. The van der Waals surface area contributed by atoms with Gasteiger partial charge >= 0.3 is 5.97 Å². The first kappa shape index (κ1) is 16.3. The Morgan fingerprint density at radius 2 is 1.92 bits per heavy atom. The molecule has 6 nitrogen and oxygen atoms in total. The van der Waals surface area contributed by atoms with Crippen molar-refractivity contribution in [3.8, 4) is 5.69 Å². The highest BCUT2D eigenvalue weighted by molar-refractivity contribution is 5.97. The van der Waals surface area contributed by atoms with E-state index in [4.69, 9.17) is 5.11 Å².